The highest BCUT2D eigenvalue weighted by Gasteiger charge is 2.25. The van der Waals surface area contributed by atoms with E-state index in [2.05, 4.69) is 5.32 Å². The van der Waals surface area contributed by atoms with Gasteiger partial charge in [-0.1, -0.05) is 0 Å². The largest absolute Gasteiger partial charge is 0.481 e. The van der Waals surface area contributed by atoms with Gasteiger partial charge >= 0.3 is 23.9 Å². The Balaban J connectivity index is 4.56. The highest BCUT2D eigenvalue weighted by Crippen LogP contribution is 2.00. The van der Waals surface area contributed by atoms with Crippen molar-refractivity contribution >= 4 is 23.9 Å². The predicted octanol–water partition coefficient (Wildman–Crippen LogP) is -1.21. The third-order valence-corrected chi connectivity index (χ3v) is 2.46. The topological polar surface area (TPSA) is 179 Å². The first-order chi connectivity index (χ1) is 9.63. The van der Waals surface area contributed by atoms with Gasteiger partial charge in [0.05, 0.1) is 0 Å². The van der Waals surface area contributed by atoms with Crippen molar-refractivity contribution in [1.82, 2.24) is 10.6 Å². The van der Waals surface area contributed by atoms with Crippen molar-refractivity contribution in [2.45, 2.75) is 44.3 Å². The van der Waals surface area contributed by atoms with E-state index in [-0.39, 0.29) is 12.8 Å². The van der Waals surface area contributed by atoms with Gasteiger partial charge in [-0.3, -0.25) is 4.79 Å². The first kappa shape index (κ1) is 18.6. The summed E-state index contributed by atoms with van der Waals surface area (Å²) in [6.45, 7) is 1.56. The number of hydrogen-bond donors (Lipinski definition) is 6. The maximum absolute atomic E-state index is 11.6. The molecule has 0 aromatic heterocycles. The zero-order valence-electron chi connectivity index (χ0n) is 11.4. The van der Waals surface area contributed by atoms with Crippen molar-refractivity contribution in [3.05, 3.63) is 0 Å². The number of nitrogens with two attached hydrogens (primary N) is 1. The maximum Gasteiger partial charge on any atom is 0.326 e. The average molecular weight is 305 g/mol. The van der Waals surface area contributed by atoms with E-state index in [1.807, 2.05) is 5.32 Å². The fourth-order valence-electron chi connectivity index (χ4n) is 1.48. The Morgan fingerprint density at radius 2 is 1.48 bits per heavy atom. The fourth-order valence-corrected chi connectivity index (χ4v) is 1.48. The molecular weight excluding hydrogens is 286 g/mol. The number of amides is 2. The molecule has 0 aliphatic carbocycles. The third kappa shape index (κ3) is 8.42. The molecule has 0 saturated carbocycles. The molecular formula is C11H19N3O7. The lowest BCUT2D eigenvalue weighted by Gasteiger charge is -2.19. The van der Waals surface area contributed by atoms with Gasteiger partial charge in [-0.2, -0.15) is 0 Å². The Morgan fingerprint density at radius 3 is 1.86 bits per heavy atom. The summed E-state index contributed by atoms with van der Waals surface area (Å²) in [4.78, 5) is 43.7. The van der Waals surface area contributed by atoms with Gasteiger partial charge in [0.25, 0.3) is 0 Å². The van der Waals surface area contributed by atoms with E-state index < -0.39 is 48.5 Å². The van der Waals surface area contributed by atoms with Crippen LogP contribution in [0.2, 0.25) is 0 Å². The number of aliphatic carboxylic acids is 3. The molecule has 3 atom stereocenters. The van der Waals surface area contributed by atoms with Crippen molar-refractivity contribution < 1.29 is 34.5 Å². The van der Waals surface area contributed by atoms with Crippen molar-refractivity contribution in [2.24, 2.45) is 5.73 Å². The number of carboxylic acid groups (broad SMARTS) is 3. The van der Waals surface area contributed by atoms with Crippen LogP contribution in [0.5, 0.6) is 0 Å². The Labute approximate surface area is 120 Å². The van der Waals surface area contributed by atoms with Gasteiger partial charge in [-0.15, -0.1) is 0 Å². The Hall–Kier alpha value is -2.36. The van der Waals surface area contributed by atoms with E-state index in [1.165, 1.54) is 0 Å². The first-order valence-electron chi connectivity index (χ1n) is 6.13. The minimum Gasteiger partial charge on any atom is -0.481 e. The summed E-state index contributed by atoms with van der Waals surface area (Å²) in [5.74, 6) is -3.92. The second-order valence-electron chi connectivity index (χ2n) is 4.54. The number of hydrogen-bond acceptors (Lipinski definition) is 5. The Morgan fingerprint density at radius 1 is 1.00 bits per heavy atom. The monoisotopic (exact) mass is 305 g/mol. The molecule has 10 nitrogen and oxygen atoms in total. The quantitative estimate of drug-likeness (QED) is 0.307. The van der Waals surface area contributed by atoms with Gasteiger partial charge in [-0.25, -0.2) is 14.4 Å². The van der Waals surface area contributed by atoms with Crippen LogP contribution in [-0.2, 0) is 14.4 Å². The molecule has 10 heteroatoms. The van der Waals surface area contributed by atoms with Gasteiger partial charge in [0.1, 0.15) is 12.1 Å². The number of rotatable bonds is 9. The van der Waals surface area contributed by atoms with Crippen LogP contribution in [0.1, 0.15) is 26.2 Å². The molecule has 0 heterocycles. The number of nitrogens with one attached hydrogen (secondary N) is 2. The summed E-state index contributed by atoms with van der Waals surface area (Å²) in [6.07, 6.45) is -0.793. The van der Waals surface area contributed by atoms with Crippen LogP contribution in [0.15, 0.2) is 0 Å². The van der Waals surface area contributed by atoms with Crippen molar-refractivity contribution in [1.29, 1.82) is 0 Å². The van der Waals surface area contributed by atoms with Crippen LogP contribution >= 0.6 is 0 Å². The number of carbonyl (C=O) groups excluding carboxylic acids is 1. The zero-order chi connectivity index (χ0) is 16.6. The van der Waals surface area contributed by atoms with E-state index in [9.17, 15) is 19.2 Å². The summed E-state index contributed by atoms with van der Waals surface area (Å²) in [5, 5.41) is 30.3. The third-order valence-electron chi connectivity index (χ3n) is 2.46. The number of carboxylic acids is 3. The first-order valence-corrected chi connectivity index (χ1v) is 6.13. The standard InChI is InChI=1S/C11H19N3O7/c1-5(12)4-7(10(19)20)14-11(21)13-6(9(17)18)2-3-8(15)16/h5-7H,2-4,12H2,1H3,(H,15,16)(H,17,18)(H,19,20)(H2,13,14,21)/t5?,6-,7-/m0/s1. The molecule has 0 saturated heterocycles. The lowest BCUT2D eigenvalue weighted by Crippen LogP contribution is -2.52. The lowest BCUT2D eigenvalue weighted by molar-refractivity contribution is -0.140. The molecule has 1 unspecified atom stereocenters. The molecule has 0 radical (unpaired) electrons. The molecule has 0 aliphatic rings. The van der Waals surface area contributed by atoms with E-state index in [0.717, 1.165) is 0 Å². The molecule has 0 fully saturated rings. The van der Waals surface area contributed by atoms with E-state index >= 15 is 0 Å². The zero-order valence-corrected chi connectivity index (χ0v) is 11.4. The van der Waals surface area contributed by atoms with Crippen molar-refractivity contribution in [2.75, 3.05) is 0 Å². The molecule has 0 aromatic rings. The SMILES string of the molecule is CC(N)C[C@H](NC(=O)N[C@@H](CCC(=O)O)C(=O)O)C(=O)O. The van der Waals surface area contributed by atoms with E-state index in [1.54, 1.807) is 6.92 Å². The molecule has 0 rings (SSSR count). The highest BCUT2D eigenvalue weighted by atomic mass is 16.4. The van der Waals surface area contributed by atoms with Crippen LogP contribution in [0, 0.1) is 0 Å². The van der Waals surface area contributed by atoms with E-state index in [4.69, 9.17) is 21.1 Å². The fraction of sp³-hybridized carbons (Fsp3) is 0.636. The van der Waals surface area contributed by atoms with Crippen LogP contribution in [0.3, 0.4) is 0 Å². The molecule has 0 aliphatic heterocycles. The van der Waals surface area contributed by atoms with Gasteiger partial charge in [0.15, 0.2) is 0 Å². The highest BCUT2D eigenvalue weighted by molar-refractivity contribution is 5.86. The molecule has 7 N–H and O–H groups in total. The minimum atomic E-state index is -1.43. The second-order valence-corrected chi connectivity index (χ2v) is 4.54. The summed E-state index contributed by atoms with van der Waals surface area (Å²) >= 11 is 0. The van der Waals surface area contributed by atoms with Crippen LogP contribution in [-0.4, -0.2) is 57.4 Å². The van der Waals surface area contributed by atoms with Gasteiger partial charge in [0, 0.05) is 12.5 Å². The lowest BCUT2D eigenvalue weighted by atomic mass is 10.1. The summed E-state index contributed by atoms with van der Waals surface area (Å²) in [5.41, 5.74) is 5.44. The maximum atomic E-state index is 11.6. The molecule has 0 aromatic carbocycles. The van der Waals surface area contributed by atoms with Crippen molar-refractivity contribution in [3.8, 4) is 0 Å². The van der Waals surface area contributed by atoms with E-state index in [0.29, 0.717) is 0 Å². The molecule has 0 spiro atoms. The predicted molar refractivity (Wildman–Crippen MR) is 69.7 cm³/mol. The summed E-state index contributed by atoms with van der Waals surface area (Å²) in [7, 11) is 0. The Kier molecular flexibility index (Phi) is 7.76. The molecule has 0 bridgehead atoms. The number of urea groups is 1. The van der Waals surface area contributed by atoms with Gasteiger partial charge < -0.3 is 31.7 Å². The summed E-state index contributed by atoms with van der Waals surface area (Å²) < 4.78 is 0. The van der Waals surface area contributed by atoms with Crippen LogP contribution < -0.4 is 16.4 Å². The van der Waals surface area contributed by atoms with Crippen LogP contribution in [0.25, 0.3) is 0 Å². The van der Waals surface area contributed by atoms with Crippen molar-refractivity contribution in [3.63, 3.8) is 0 Å². The summed E-state index contributed by atoms with van der Waals surface area (Å²) in [6, 6.07) is -4.18. The second kappa shape index (κ2) is 8.74. The number of carbonyl (C=O) groups is 4. The van der Waals surface area contributed by atoms with Gasteiger partial charge in [-0.05, 0) is 19.8 Å². The molecule has 120 valence electrons. The molecule has 2 amide bonds. The minimum absolute atomic E-state index is 0.0321. The molecule has 21 heavy (non-hydrogen) atoms. The smallest absolute Gasteiger partial charge is 0.326 e. The Bertz CT molecular complexity index is 411. The van der Waals surface area contributed by atoms with Crippen LogP contribution in [0.4, 0.5) is 4.79 Å². The normalized spacial score (nSPS) is 14.6. The average Bonchev–Trinajstić information content (AvgIpc) is 2.32. The van der Waals surface area contributed by atoms with Gasteiger partial charge in [0.2, 0.25) is 0 Å².